The number of amides is 1. The quantitative estimate of drug-likeness (QED) is 0.252. The summed E-state index contributed by atoms with van der Waals surface area (Å²) in [4.78, 5) is 37.2. The Kier molecular flexibility index (Phi) is 7.39. The van der Waals surface area contributed by atoms with Gasteiger partial charge in [0.1, 0.15) is 11.3 Å². The van der Waals surface area contributed by atoms with Crippen LogP contribution in [0.1, 0.15) is 17.2 Å². The molecule has 1 heterocycles. The number of ether oxygens (including phenoxy) is 2. The van der Waals surface area contributed by atoms with Crippen molar-refractivity contribution in [2.45, 2.75) is 13.0 Å². The van der Waals surface area contributed by atoms with Crippen molar-refractivity contribution in [3.8, 4) is 5.75 Å². The molecule has 0 spiro atoms. The lowest BCUT2D eigenvalue weighted by molar-refractivity contribution is -0.156. The third-order valence-electron chi connectivity index (χ3n) is 5.00. The summed E-state index contributed by atoms with van der Waals surface area (Å²) in [5, 5.41) is 4.10. The number of nitrogens with one attached hydrogen (secondary N) is 1. The third kappa shape index (κ3) is 6.20. The maximum atomic E-state index is 13.0. The van der Waals surface area contributed by atoms with Gasteiger partial charge in [0.2, 0.25) is 6.10 Å². The number of esters is 1. The molecular formula is C26H19Cl2NO6. The van der Waals surface area contributed by atoms with Gasteiger partial charge in [0.25, 0.3) is 5.91 Å². The molecule has 0 fully saturated rings. The molecule has 1 unspecified atom stereocenters. The molecule has 9 heteroatoms. The molecule has 0 radical (unpaired) electrons. The highest BCUT2D eigenvalue weighted by Gasteiger charge is 2.25. The predicted octanol–water partition coefficient (Wildman–Crippen LogP) is 5.71. The van der Waals surface area contributed by atoms with Gasteiger partial charge < -0.3 is 19.2 Å². The summed E-state index contributed by atoms with van der Waals surface area (Å²) in [5.74, 6) is -1.06. The molecule has 3 aromatic carbocycles. The number of carbonyl (C=O) groups excluding carboxylic acids is 2. The molecule has 0 aliphatic carbocycles. The Morgan fingerprint density at radius 1 is 0.971 bits per heavy atom. The van der Waals surface area contributed by atoms with E-state index in [1.807, 2.05) is 0 Å². The summed E-state index contributed by atoms with van der Waals surface area (Å²) < 4.78 is 16.2. The Morgan fingerprint density at radius 3 is 2.40 bits per heavy atom. The molecule has 1 amide bonds. The first kappa shape index (κ1) is 24.3. The van der Waals surface area contributed by atoms with Crippen molar-refractivity contribution in [3.05, 3.63) is 104 Å². The summed E-state index contributed by atoms with van der Waals surface area (Å²) >= 11 is 12.0. The molecular weight excluding hydrogens is 493 g/mol. The van der Waals surface area contributed by atoms with Crippen LogP contribution in [0.5, 0.6) is 5.75 Å². The molecule has 1 atom stereocenters. The van der Waals surface area contributed by atoms with E-state index in [0.29, 0.717) is 32.6 Å². The smallest absolute Gasteiger partial charge is 0.345 e. The van der Waals surface area contributed by atoms with E-state index < -0.39 is 30.2 Å². The minimum atomic E-state index is -1.25. The third-order valence-corrected chi connectivity index (χ3v) is 5.44. The molecule has 0 aliphatic heterocycles. The minimum Gasteiger partial charge on any atom is -0.482 e. The standard InChI is InChI=1S/C26H19Cl2NO6/c1-15-9-23(30)34-22-13-20(7-8-21(15)22)33-14-24(31)35-25(16-5-3-2-4-6-16)26(32)29-19-11-17(27)10-18(28)12-19/h2-13,25H,14H2,1H3,(H,29,32). The highest BCUT2D eigenvalue weighted by Crippen LogP contribution is 2.26. The lowest BCUT2D eigenvalue weighted by atomic mass is 10.1. The molecule has 4 rings (SSSR count). The van der Waals surface area contributed by atoms with Crippen molar-refractivity contribution in [3.63, 3.8) is 0 Å². The lowest BCUT2D eigenvalue weighted by Crippen LogP contribution is -2.28. The van der Waals surface area contributed by atoms with Crippen LogP contribution >= 0.6 is 23.2 Å². The van der Waals surface area contributed by atoms with Gasteiger partial charge in [0, 0.05) is 38.8 Å². The van der Waals surface area contributed by atoms with Crippen LogP contribution in [-0.4, -0.2) is 18.5 Å². The van der Waals surface area contributed by atoms with Crippen molar-refractivity contribution >= 4 is 51.7 Å². The Labute approximate surface area is 210 Å². The first-order valence-corrected chi connectivity index (χ1v) is 11.2. The van der Waals surface area contributed by atoms with Gasteiger partial charge in [-0.1, -0.05) is 53.5 Å². The molecule has 0 saturated heterocycles. The zero-order valence-electron chi connectivity index (χ0n) is 18.4. The highest BCUT2D eigenvalue weighted by atomic mass is 35.5. The summed E-state index contributed by atoms with van der Waals surface area (Å²) in [6.07, 6.45) is -1.25. The van der Waals surface area contributed by atoms with Crippen molar-refractivity contribution in [2.24, 2.45) is 0 Å². The summed E-state index contributed by atoms with van der Waals surface area (Å²) in [6.45, 7) is 1.32. The van der Waals surface area contributed by atoms with Gasteiger partial charge in [0.05, 0.1) is 0 Å². The van der Waals surface area contributed by atoms with Gasteiger partial charge in [-0.2, -0.15) is 0 Å². The van der Waals surface area contributed by atoms with Crippen LogP contribution in [0.2, 0.25) is 10.0 Å². The zero-order valence-corrected chi connectivity index (χ0v) is 19.9. The second-order valence-corrected chi connectivity index (χ2v) is 8.50. The van der Waals surface area contributed by atoms with E-state index in [0.717, 1.165) is 10.9 Å². The van der Waals surface area contributed by atoms with E-state index in [1.165, 1.54) is 30.3 Å². The number of fused-ring (bicyclic) bond motifs is 1. The molecule has 0 aliphatic rings. The number of hydrogen-bond donors (Lipinski definition) is 1. The van der Waals surface area contributed by atoms with Gasteiger partial charge in [-0.25, -0.2) is 9.59 Å². The fourth-order valence-electron chi connectivity index (χ4n) is 3.44. The van der Waals surface area contributed by atoms with E-state index >= 15 is 0 Å². The van der Waals surface area contributed by atoms with E-state index in [2.05, 4.69) is 5.32 Å². The average Bonchev–Trinajstić information content (AvgIpc) is 2.80. The van der Waals surface area contributed by atoms with Crippen LogP contribution in [0, 0.1) is 6.92 Å². The van der Waals surface area contributed by atoms with Crippen LogP contribution in [0.25, 0.3) is 11.0 Å². The fourth-order valence-corrected chi connectivity index (χ4v) is 3.96. The number of rotatable bonds is 7. The highest BCUT2D eigenvalue weighted by molar-refractivity contribution is 6.35. The number of halogens is 2. The summed E-state index contributed by atoms with van der Waals surface area (Å²) in [5.41, 5.74) is 1.44. The zero-order chi connectivity index (χ0) is 24.9. The average molecular weight is 512 g/mol. The number of benzene rings is 3. The largest absolute Gasteiger partial charge is 0.482 e. The number of carbonyl (C=O) groups is 2. The Bertz CT molecular complexity index is 1430. The van der Waals surface area contributed by atoms with Gasteiger partial charge in [-0.3, -0.25) is 4.79 Å². The maximum Gasteiger partial charge on any atom is 0.345 e. The number of anilines is 1. The molecule has 0 saturated carbocycles. The lowest BCUT2D eigenvalue weighted by Gasteiger charge is -2.18. The first-order chi connectivity index (χ1) is 16.8. The molecule has 7 nitrogen and oxygen atoms in total. The van der Waals surface area contributed by atoms with Gasteiger partial charge in [-0.15, -0.1) is 0 Å². The normalized spacial score (nSPS) is 11.6. The second-order valence-electron chi connectivity index (χ2n) is 7.62. The van der Waals surface area contributed by atoms with Crippen LogP contribution < -0.4 is 15.7 Å². The van der Waals surface area contributed by atoms with E-state index in [1.54, 1.807) is 49.4 Å². The molecule has 0 bridgehead atoms. The van der Waals surface area contributed by atoms with E-state index in [4.69, 9.17) is 37.1 Å². The second kappa shape index (κ2) is 10.6. The summed E-state index contributed by atoms with van der Waals surface area (Å²) in [6, 6.07) is 19.4. The molecule has 1 aromatic heterocycles. The first-order valence-electron chi connectivity index (χ1n) is 10.5. The fraction of sp³-hybridized carbons (Fsp3) is 0.115. The minimum absolute atomic E-state index is 0.303. The Morgan fingerprint density at radius 2 is 1.69 bits per heavy atom. The van der Waals surface area contributed by atoms with Crippen LogP contribution in [0.15, 0.2) is 82.0 Å². The van der Waals surface area contributed by atoms with Crippen LogP contribution in [0.4, 0.5) is 5.69 Å². The van der Waals surface area contributed by atoms with Crippen molar-refractivity contribution in [1.82, 2.24) is 0 Å². The SMILES string of the molecule is Cc1cc(=O)oc2cc(OCC(=O)OC(C(=O)Nc3cc(Cl)cc(Cl)c3)c3ccccc3)ccc12. The van der Waals surface area contributed by atoms with Gasteiger partial charge in [0.15, 0.2) is 6.61 Å². The van der Waals surface area contributed by atoms with Crippen molar-refractivity contribution < 1.29 is 23.5 Å². The molecule has 4 aromatic rings. The van der Waals surface area contributed by atoms with Gasteiger partial charge >= 0.3 is 11.6 Å². The monoisotopic (exact) mass is 511 g/mol. The predicted molar refractivity (Wildman–Crippen MR) is 133 cm³/mol. The molecule has 1 N–H and O–H groups in total. The number of hydrogen-bond acceptors (Lipinski definition) is 6. The Hall–Kier alpha value is -3.81. The maximum absolute atomic E-state index is 13.0. The number of aryl methyl sites for hydroxylation is 1. The van der Waals surface area contributed by atoms with Crippen molar-refractivity contribution in [1.29, 1.82) is 0 Å². The van der Waals surface area contributed by atoms with Crippen LogP contribution in [-0.2, 0) is 14.3 Å². The summed E-state index contributed by atoms with van der Waals surface area (Å²) in [7, 11) is 0. The van der Waals surface area contributed by atoms with E-state index in [9.17, 15) is 14.4 Å². The van der Waals surface area contributed by atoms with Gasteiger partial charge in [-0.05, 0) is 42.8 Å². The van der Waals surface area contributed by atoms with E-state index in [-0.39, 0.29) is 0 Å². The van der Waals surface area contributed by atoms with Crippen LogP contribution in [0.3, 0.4) is 0 Å². The molecule has 35 heavy (non-hydrogen) atoms. The Balaban J connectivity index is 1.48. The molecule has 178 valence electrons. The topological polar surface area (TPSA) is 94.8 Å². The van der Waals surface area contributed by atoms with Crippen molar-refractivity contribution in [2.75, 3.05) is 11.9 Å².